The minimum atomic E-state index is -0.405. The number of likely N-dealkylation sites (tertiary alicyclic amines) is 1. The minimum absolute atomic E-state index is 0.0151. The van der Waals surface area contributed by atoms with E-state index in [2.05, 4.69) is 20.0 Å². The highest BCUT2D eigenvalue weighted by Crippen LogP contribution is 2.42. The Balaban J connectivity index is 1.30. The average molecular weight is 396 g/mol. The quantitative estimate of drug-likeness (QED) is 0.851. The van der Waals surface area contributed by atoms with Crippen molar-refractivity contribution in [3.05, 3.63) is 36.5 Å². The molecule has 8 heteroatoms. The number of hydrogen-bond donors (Lipinski definition) is 1. The molecule has 0 spiro atoms. The zero-order valence-electron chi connectivity index (χ0n) is 16.6. The summed E-state index contributed by atoms with van der Waals surface area (Å²) in [5, 5.41) is 14.9. The Morgan fingerprint density at radius 1 is 1.10 bits per heavy atom. The molecule has 2 aliphatic heterocycles. The number of aliphatic hydroxyl groups excluding tert-OH is 1. The van der Waals surface area contributed by atoms with E-state index >= 15 is 0 Å². The Kier molecular flexibility index (Phi) is 4.95. The molecule has 5 rings (SSSR count). The Hall–Kier alpha value is -2.48. The van der Waals surface area contributed by atoms with Crippen LogP contribution >= 0.6 is 0 Å². The van der Waals surface area contributed by atoms with Crippen molar-refractivity contribution in [3.8, 4) is 0 Å². The first-order valence-corrected chi connectivity index (χ1v) is 10.7. The maximum Gasteiger partial charge on any atom is 0.254 e. The first kappa shape index (κ1) is 18.5. The molecule has 29 heavy (non-hydrogen) atoms. The number of carbonyl (C=O) groups excluding carboxylic acids is 1. The molecule has 1 saturated carbocycles. The predicted octanol–water partition coefficient (Wildman–Crippen LogP) is 1.75. The zero-order valence-corrected chi connectivity index (χ0v) is 16.6. The van der Waals surface area contributed by atoms with Crippen molar-refractivity contribution >= 4 is 11.7 Å². The van der Waals surface area contributed by atoms with E-state index in [1.807, 2.05) is 17.0 Å². The summed E-state index contributed by atoms with van der Waals surface area (Å²) in [6.45, 7) is 3.48. The van der Waals surface area contributed by atoms with Crippen LogP contribution in [0, 0.1) is 11.8 Å². The van der Waals surface area contributed by atoms with Crippen LogP contribution in [0.1, 0.15) is 48.5 Å². The molecule has 154 valence electrons. The standard InChI is InChI=1S/C21H28N6O2/c28-19-9-17-12-26(11-16(17)8-18(19)27-14-22-13-24-27)20-10-15(4-5-23-20)21(29)25-6-2-1-3-7-25/h4-5,10,13-14,16-19,28H,1-3,6-9,11-12H2/t16-,17+,18-,19-/m1/s1. The van der Waals surface area contributed by atoms with Crippen LogP contribution in [-0.2, 0) is 0 Å². The summed E-state index contributed by atoms with van der Waals surface area (Å²) in [6, 6.07) is 3.76. The van der Waals surface area contributed by atoms with E-state index in [4.69, 9.17) is 0 Å². The Morgan fingerprint density at radius 3 is 2.66 bits per heavy atom. The Labute approximate surface area is 170 Å². The molecular formula is C21H28N6O2. The highest BCUT2D eigenvalue weighted by atomic mass is 16.3. The first-order chi connectivity index (χ1) is 14.2. The second-order valence-corrected chi connectivity index (χ2v) is 8.66. The van der Waals surface area contributed by atoms with Crippen LogP contribution in [0.5, 0.6) is 0 Å². The third-order valence-electron chi connectivity index (χ3n) is 6.85. The summed E-state index contributed by atoms with van der Waals surface area (Å²) in [5.74, 6) is 1.91. The van der Waals surface area contributed by atoms with Crippen molar-refractivity contribution in [3.63, 3.8) is 0 Å². The van der Waals surface area contributed by atoms with E-state index in [1.54, 1.807) is 17.2 Å². The van der Waals surface area contributed by atoms with Gasteiger partial charge in [0.25, 0.3) is 5.91 Å². The van der Waals surface area contributed by atoms with E-state index in [-0.39, 0.29) is 11.9 Å². The molecule has 2 aromatic heterocycles. The summed E-state index contributed by atoms with van der Waals surface area (Å²) in [5.41, 5.74) is 0.729. The lowest BCUT2D eigenvalue weighted by atomic mass is 9.77. The van der Waals surface area contributed by atoms with E-state index < -0.39 is 6.10 Å². The molecule has 0 radical (unpaired) electrons. The number of aliphatic hydroxyl groups is 1. The summed E-state index contributed by atoms with van der Waals surface area (Å²) in [7, 11) is 0. The average Bonchev–Trinajstić information content (AvgIpc) is 3.43. The number of amides is 1. The topological polar surface area (TPSA) is 87.4 Å². The molecule has 4 heterocycles. The lowest BCUT2D eigenvalue weighted by molar-refractivity contribution is 0.0305. The number of aromatic nitrogens is 4. The monoisotopic (exact) mass is 396 g/mol. The van der Waals surface area contributed by atoms with Gasteiger partial charge in [0.15, 0.2) is 0 Å². The van der Waals surface area contributed by atoms with Crippen molar-refractivity contribution in [2.45, 2.75) is 44.2 Å². The van der Waals surface area contributed by atoms with Gasteiger partial charge in [-0.3, -0.25) is 4.79 Å². The number of piperidine rings is 1. The minimum Gasteiger partial charge on any atom is -0.391 e. The van der Waals surface area contributed by atoms with Gasteiger partial charge in [0.1, 0.15) is 18.5 Å². The highest BCUT2D eigenvalue weighted by Gasteiger charge is 2.43. The van der Waals surface area contributed by atoms with Gasteiger partial charge in [-0.15, -0.1) is 0 Å². The van der Waals surface area contributed by atoms with Crippen LogP contribution in [0.15, 0.2) is 31.0 Å². The Bertz CT molecular complexity index is 851. The van der Waals surface area contributed by atoms with Gasteiger partial charge in [0, 0.05) is 37.9 Å². The van der Waals surface area contributed by atoms with Crippen LogP contribution in [0.3, 0.4) is 0 Å². The fourth-order valence-electron chi connectivity index (χ4n) is 5.27. The van der Waals surface area contributed by atoms with Crippen molar-refractivity contribution in [1.29, 1.82) is 0 Å². The maximum absolute atomic E-state index is 12.9. The Morgan fingerprint density at radius 2 is 1.90 bits per heavy atom. The largest absolute Gasteiger partial charge is 0.391 e. The van der Waals surface area contributed by atoms with Gasteiger partial charge in [-0.1, -0.05) is 0 Å². The highest BCUT2D eigenvalue weighted by molar-refractivity contribution is 5.94. The van der Waals surface area contributed by atoms with Crippen LogP contribution in [0.2, 0.25) is 0 Å². The molecule has 4 atom stereocenters. The van der Waals surface area contributed by atoms with Gasteiger partial charge in [-0.05, 0) is 56.1 Å². The zero-order chi connectivity index (χ0) is 19.8. The van der Waals surface area contributed by atoms with Crippen molar-refractivity contribution in [2.24, 2.45) is 11.8 Å². The van der Waals surface area contributed by atoms with Crippen LogP contribution in [0.4, 0.5) is 5.82 Å². The molecule has 1 aliphatic carbocycles. The smallest absolute Gasteiger partial charge is 0.254 e. The molecule has 2 aromatic rings. The van der Waals surface area contributed by atoms with Gasteiger partial charge in [-0.25, -0.2) is 14.6 Å². The number of anilines is 1. The summed E-state index contributed by atoms with van der Waals surface area (Å²) in [6.07, 6.45) is 9.61. The molecule has 0 unspecified atom stereocenters. The molecule has 2 saturated heterocycles. The van der Waals surface area contributed by atoms with E-state index in [9.17, 15) is 9.90 Å². The van der Waals surface area contributed by atoms with Crippen LogP contribution < -0.4 is 4.90 Å². The van der Waals surface area contributed by atoms with E-state index in [1.165, 1.54) is 12.7 Å². The van der Waals surface area contributed by atoms with Crippen molar-refractivity contribution < 1.29 is 9.90 Å². The second kappa shape index (κ2) is 7.74. The maximum atomic E-state index is 12.9. The molecule has 8 nitrogen and oxygen atoms in total. The van der Waals surface area contributed by atoms with Gasteiger partial charge in [0.2, 0.25) is 0 Å². The number of fused-ring (bicyclic) bond motifs is 1. The molecule has 0 aromatic carbocycles. The fraction of sp³-hybridized carbons (Fsp3) is 0.619. The first-order valence-electron chi connectivity index (χ1n) is 10.7. The number of nitrogens with zero attached hydrogens (tertiary/aromatic N) is 6. The third kappa shape index (κ3) is 3.61. The SMILES string of the molecule is O=C(c1ccnc(N2C[C@H]3C[C@@H](n4cncn4)[C@H](O)C[C@H]3C2)c1)N1CCCCC1. The summed E-state index contributed by atoms with van der Waals surface area (Å²) in [4.78, 5) is 25.7. The number of hydrogen-bond acceptors (Lipinski definition) is 6. The van der Waals surface area contributed by atoms with Gasteiger partial charge in [-0.2, -0.15) is 5.10 Å². The van der Waals surface area contributed by atoms with Crippen molar-refractivity contribution in [1.82, 2.24) is 24.6 Å². The number of rotatable bonds is 3. The molecule has 0 bridgehead atoms. The molecule has 1 amide bonds. The van der Waals surface area contributed by atoms with E-state index in [0.29, 0.717) is 11.8 Å². The molecular weight excluding hydrogens is 368 g/mol. The number of carbonyl (C=O) groups is 1. The molecule has 3 fully saturated rings. The van der Waals surface area contributed by atoms with Gasteiger partial charge in [0.05, 0.1) is 12.1 Å². The predicted molar refractivity (Wildman–Crippen MR) is 107 cm³/mol. The summed E-state index contributed by atoms with van der Waals surface area (Å²) >= 11 is 0. The van der Waals surface area contributed by atoms with Gasteiger partial charge < -0.3 is 14.9 Å². The van der Waals surface area contributed by atoms with Crippen LogP contribution in [-0.4, -0.2) is 67.9 Å². The fourth-order valence-corrected chi connectivity index (χ4v) is 5.27. The lowest BCUT2D eigenvalue weighted by Gasteiger charge is -2.34. The van der Waals surface area contributed by atoms with E-state index in [0.717, 1.165) is 63.2 Å². The lowest BCUT2D eigenvalue weighted by Crippen LogP contribution is -2.36. The second-order valence-electron chi connectivity index (χ2n) is 8.66. The molecule has 1 N–H and O–H groups in total. The van der Waals surface area contributed by atoms with Crippen molar-refractivity contribution in [2.75, 3.05) is 31.1 Å². The molecule has 3 aliphatic rings. The summed E-state index contributed by atoms with van der Waals surface area (Å²) < 4.78 is 1.79. The third-order valence-corrected chi connectivity index (χ3v) is 6.85. The normalized spacial score (nSPS) is 29.7. The van der Waals surface area contributed by atoms with Gasteiger partial charge >= 0.3 is 0 Å². The number of pyridine rings is 1. The van der Waals surface area contributed by atoms with Crippen LogP contribution in [0.25, 0.3) is 0 Å².